The van der Waals surface area contributed by atoms with Crippen molar-refractivity contribution in [2.24, 2.45) is 10.9 Å². The van der Waals surface area contributed by atoms with Crippen LogP contribution in [0.2, 0.25) is 0 Å². The number of allylic oxidation sites excluding steroid dienone is 1. The van der Waals surface area contributed by atoms with Gasteiger partial charge in [-0.3, -0.25) is 14.7 Å². The van der Waals surface area contributed by atoms with Gasteiger partial charge in [0.2, 0.25) is 5.91 Å². The van der Waals surface area contributed by atoms with Gasteiger partial charge in [-0.2, -0.15) is 0 Å². The largest absolute Gasteiger partial charge is 0.383 e. The Morgan fingerprint density at radius 3 is 2.95 bits per heavy atom. The van der Waals surface area contributed by atoms with Crippen molar-refractivity contribution in [3.63, 3.8) is 0 Å². The average molecular weight is 273 g/mol. The molecule has 1 aliphatic rings. The molecule has 0 spiro atoms. The molecule has 1 aromatic heterocycles. The smallest absolute Gasteiger partial charge is 0.237 e. The highest BCUT2D eigenvalue weighted by molar-refractivity contribution is 5.96. The second-order valence-corrected chi connectivity index (χ2v) is 4.68. The number of carbonyl (C=O) groups excluding carboxylic acids is 1. The molecule has 5 nitrogen and oxygen atoms in total. The van der Waals surface area contributed by atoms with Crippen LogP contribution in [-0.2, 0) is 9.53 Å². The van der Waals surface area contributed by atoms with Gasteiger partial charge in [-0.05, 0) is 24.6 Å². The predicted octanol–water partition coefficient (Wildman–Crippen LogP) is 1.63. The first-order valence-corrected chi connectivity index (χ1v) is 6.62. The van der Waals surface area contributed by atoms with Gasteiger partial charge in [-0.25, -0.2) is 4.98 Å². The van der Waals surface area contributed by atoms with Crippen LogP contribution < -0.4 is 4.90 Å². The topological polar surface area (TPSA) is 54.8 Å². The van der Waals surface area contributed by atoms with Crippen LogP contribution in [0.4, 0.5) is 5.82 Å². The molecule has 0 saturated carbocycles. The Kier molecular flexibility index (Phi) is 5.01. The van der Waals surface area contributed by atoms with Gasteiger partial charge >= 0.3 is 0 Å². The zero-order chi connectivity index (χ0) is 14.4. The molecule has 2 rings (SSSR count). The van der Waals surface area contributed by atoms with Gasteiger partial charge in [0.15, 0.2) is 0 Å². The van der Waals surface area contributed by atoms with Crippen molar-refractivity contribution in [3.05, 3.63) is 36.0 Å². The Balaban J connectivity index is 2.18. The monoisotopic (exact) mass is 273 g/mol. The molecule has 1 amide bonds. The molecule has 1 aliphatic heterocycles. The number of pyridine rings is 1. The van der Waals surface area contributed by atoms with Gasteiger partial charge < -0.3 is 4.74 Å². The zero-order valence-corrected chi connectivity index (χ0v) is 11.8. The number of carbonyl (C=O) groups is 1. The van der Waals surface area contributed by atoms with E-state index in [2.05, 4.69) is 9.98 Å². The number of aromatic nitrogens is 1. The van der Waals surface area contributed by atoms with Crippen molar-refractivity contribution < 1.29 is 9.53 Å². The number of aliphatic imine (C=N–C) groups is 1. The van der Waals surface area contributed by atoms with Crippen molar-refractivity contribution in [1.82, 2.24) is 4.98 Å². The number of aryl methyl sites for hydroxylation is 1. The molecule has 0 fully saturated rings. The first-order chi connectivity index (χ1) is 9.72. The van der Waals surface area contributed by atoms with E-state index in [0.717, 1.165) is 5.56 Å². The second kappa shape index (κ2) is 6.96. The fraction of sp³-hybridized carbons (Fsp3) is 0.400. The summed E-state index contributed by atoms with van der Waals surface area (Å²) in [4.78, 5) is 22.7. The van der Waals surface area contributed by atoms with E-state index >= 15 is 0 Å². The number of methoxy groups -OCH3 is 1. The Morgan fingerprint density at radius 1 is 1.50 bits per heavy atom. The molecular formula is C15H19N3O2. The molecule has 0 radical (unpaired) electrons. The van der Waals surface area contributed by atoms with Crippen LogP contribution in [0.5, 0.6) is 0 Å². The first kappa shape index (κ1) is 14.4. The normalized spacial score (nSPS) is 17.2. The maximum Gasteiger partial charge on any atom is 0.237 e. The highest BCUT2D eigenvalue weighted by atomic mass is 16.5. The fourth-order valence-corrected chi connectivity index (χ4v) is 1.98. The summed E-state index contributed by atoms with van der Waals surface area (Å²) in [5.41, 5.74) is 1.06. The summed E-state index contributed by atoms with van der Waals surface area (Å²) in [5, 5.41) is 0. The summed E-state index contributed by atoms with van der Waals surface area (Å²) in [7, 11) is 1.62. The molecule has 0 aliphatic carbocycles. The van der Waals surface area contributed by atoms with Crippen LogP contribution in [0.25, 0.3) is 0 Å². The Labute approximate surface area is 119 Å². The number of anilines is 1. The number of hydrogen-bond acceptors (Lipinski definition) is 4. The van der Waals surface area contributed by atoms with Crippen LogP contribution in [-0.4, -0.2) is 43.9 Å². The molecule has 5 heteroatoms. The summed E-state index contributed by atoms with van der Waals surface area (Å²) in [6.07, 6.45) is 7.16. The summed E-state index contributed by atoms with van der Waals surface area (Å²) in [6, 6.07) is 3.81. The van der Waals surface area contributed by atoms with Gasteiger partial charge in [-0.1, -0.05) is 12.1 Å². The summed E-state index contributed by atoms with van der Waals surface area (Å²) >= 11 is 0. The fourth-order valence-electron chi connectivity index (χ4n) is 1.98. The number of dihydropyridines is 1. The molecule has 1 unspecified atom stereocenters. The van der Waals surface area contributed by atoms with Crippen LogP contribution in [0.1, 0.15) is 5.56 Å². The molecule has 1 aromatic rings. The van der Waals surface area contributed by atoms with Crippen LogP contribution >= 0.6 is 0 Å². The van der Waals surface area contributed by atoms with E-state index in [9.17, 15) is 4.79 Å². The Bertz CT molecular complexity index is 508. The standard InChI is InChI=1S/C15H19N3O2/c1-12-5-6-14(17-10-12)18(8-9-20-2)15(19)13-4-3-7-16-11-13/h3-7,10,13H,8-9,11H2,1-2H3. The lowest BCUT2D eigenvalue weighted by atomic mass is 10.1. The van der Waals surface area contributed by atoms with Gasteiger partial charge in [0.25, 0.3) is 0 Å². The van der Waals surface area contributed by atoms with Crippen molar-refractivity contribution in [1.29, 1.82) is 0 Å². The van der Waals surface area contributed by atoms with Gasteiger partial charge in [-0.15, -0.1) is 0 Å². The highest BCUT2D eigenvalue weighted by Crippen LogP contribution is 2.16. The minimum atomic E-state index is -0.222. The van der Waals surface area contributed by atoms with E-state index in [-0.39, 0.29) is 11.8 Å². The number of rotatable bonds is 5. The summed E-state index contributed by atoms with van der Waals surface area (Å²) in [6.45, 7) is 3.42. The maximum atomic E-state index is 12.6. The third-order valence-corrected chi connectivity index (χ3v) is 3.11. The minimum absolute atomic E-state index is 0.00602. The number of nitrogens with zero attached hydrogens (tertiary/aromatic N) is 3. The zero-order valence-electron chi connectivity index (χ0n) is 11.8. The SMILES string of the molecule is COCCN(C(=O)C1C=CC=NC1)c1ccc(C)cn1. The lowest BCUT2D eigenvalue weighted by Gasteiger charge is -2.25. The van der Waals surface area contributed by atoms with Crippen LogP contribution in [0.15, 0.2) is 35.5 Å². The number of hydrogen-bond donors (Lipinski definition) is 0. The highest BCUT2D eigenvalue weighted by Gasteiger charge is 2.24. The number of amides is 1. The molecule has 0 bridgehead atoms. The Hall–Kier alpha value is -2.01. The Morgan fingerprint density at radius 2 is 2.35 bits per heavy atom. The van der Waals surface area contributed by atoms with E-state index in [1.165, 1.54) is 0 Å². The van der Waals surface area contributed by atoms with Crippen molar-refractivity contribution >= 4 is 17.9 Å². The third kappa shape index (κ3) is 3.51. The lowest BCUT2D eigenvalue weighted by Crippen LogP contribution is -2.39. The average Bonchev–Trinajstić information content (AvgIpc) is 2.50. The lowest BCUT2D eigenvalue weighted by molar-refractivity contribution is -0.121. The van der Waals surface area contributed by atoms with E-state index in [1.807, 2.05) is 31.2 Å². The van der Waals surface area contributed by atoms with E-state index in [4.69, 9.17) is 4.74 Å². The van der Waals surface area contributed by atoms with Crippen molar-refractivity contribution in [2.75, 3.05) is 31.7 Å². The predicted molar refractivity (Wildman–Crippen MR) is 79.2 cm³/mol. The number of ether oxygens (including phenoxy) is 1. The second-order valence-electron chi connectivity index (χ2n) is 4.68. The van der Waals surface area contributed by atoms with Crippen molar-refractivity contribution in [3.8, 4) is 0 Å². The molecule has 0 saturated heterocycles. The van der Waals surface area contributed by atoms with Gasteiger partial charge in [0, 0.05) is 19.5 Å². The van der Waals surface area contributed by atoms with Gasteiger partial charge in [0.1, 0.15) is 5.82 Å². The molecule has 0 N–H and O–H groups in total. The summed E-state index contributed by atoms with van der Waals surface area (Å²) < 4.78 is 5.09. The third-order valence-electron chi connectivity index (χ3n) is 3.11. The van der Waals surface area contributed by atoms with E-state index in [1.54, 1.807) is 24.4 Å². The molecule has 0 aromatic carbocycles. The summed E-state index contributed by atoms with van der Waals surface area (Å²) in [5.74, 6) is 0.437. The van der Waals surface area contributed by atoms with Crippen LogP contribution in [0, 0.1) is 12.8 Å². The van der Waals surface area contributed by atoms with E-state index < -0.39 is 0 Å². The molecular weight excluding hydrogens is 254 g/mol. The molecule has 106 valence electrons. The van der Waals surface area contributed by atoms with E-state index in [0.29, 0.717) is 25.5 Å². The maximum absolute atomic E-state index is 12.6. The van der Waals surface area contributed by atoms with Gasteiger partial charge in [0.05, 0.1) is 25.6 Å². The van der Waals surface area contributed by atoms with Crippen molar-refractivity contribution in [2.45, 2.75) is 6.92 Å². The first-order valence-electron chi connectivity index (χ1n) is 6.62. The molecule has 20 heavy (non-hydrogen) atoms. The quantitative estimate of drug-likeness (QED) is 0.819. The minimum Gasteiger partial charge on any atom is -0.383 e. The van der Waals surface area contributed by atoms with Crippen LogP contribution in [0.3, 0.4) is 0 Å². The molecule has 2 heterocycles. The molecule has 1 atom stereocenters.